The SMILES string of the molecule is COc1ccc(Br)cc1-c1nccc(Br)n1. The third-order valence-electron chi connectivity index (χ3n) is 2.02. The summed E-state index contributed by atoms with van der Waals surface area (Å²) in [5.74, 6) is 1.38. The predicted molar refractivity (Wildman–Crippen MR) is 69.4 cm³/mol. The van der Waals surface area contributed by atoms with Crippen LogP contribution in [0.1, 0.15) is 0 Å². The Balaban J connectivity index is 2.58. The van der Waals surface area contributed by atoms with Crippen molar-refractivity contribution in [2.24, 2.45) is 0 Å². The van der Waals surface area contributed by atoms with Gasteiger partial charge in [-0.15, -0.1) is 0 Å². The highest BCUT2D eigenvalue weighted by atomic mass is 79.9. The smallest absolute Gasteiger partial charge is 0.164 e. The number of ether oxygens (including phenoxy) is 1. The van der Waals surface area contributed by atoms with E-state index < -0.39 is 0 Å². The van der Waals surface area contributed by atoms with Crippen molar-refractivity contribution < 1.29 is 4.74 Å². The van der Waals surface area contributed by atoms with Crippen LogP contribution in [-0.4, -0.2) is 17.1 Å². The van der Waals surface area contributed by atoms with E-state index in [-0.39, 0.29) is 0 Å². The fourth-order valence-corrected chi connectivity index (χ4v) is 1.97. The first-order chi connectivity index (χ1) is 7.70. The molecule has 0 atom stereocenters. The van der Waals surface area contributed by atoms with Crippen molar-refractivity contribution in [3.8, 4) is 17.1 Å². The van der Waals surface area contributed by atoms with Crippen molar-refractivity contribution in [3.63, 3.8) is 0 Å². The molecule has 0 amide bonds. The minimum absolute atomic E-state index is 0.632. The highest BCUT2D eigenvalue weighted by molar-refractivity contribution is 9.10. The number of hydrogen-bond donors (Lipinski definition) is 0. The van der Waals surface area contributed by atoms with Gasteiger partial charge in [-0.3, -0.25) is 0 Å². The third kappa shape index (κ3) is 2.41. The molecule has 1 aromatic carbocycles. The van der Waals surface area contributed by atoms with E-state index in [1.54, 1.807) is 19.4 Å². The van der Waals surface area contributed by atoms with Gasteiger partial charge in [-0.1, -0.05) is 15.9 Å². The van der Waals surface area contributed by atoms with Gasteiger partial charge in [0.1, 0.15) is 10.4 Å². The van der Waals surface area contributed by atoms with Crippen LogP contribution in [0.2, 0.25) is 0 Å². The van der Waals surface area contributed by atoms with Gasteiger partial charge in [0.05, 0.1) is 12.7 Å². The molecule has 0 N–H and O–H groups in total. The number of nitrogens with zero attached hydrogens (tertiary/aromatic N) is 2. The fourth-order valence-electron chi connectivity index (χ4n) is 1.32. The summed E-state index contributed by atoms with van der Waals surface area (Å²) in [6, 6.07) is 7.51. The molecule has 0 fully saturated rings. The zero-order chi connectivity index (χ0) is 11.5. The molecule has 3 nitrogen and oxygen atoms in total. The maximum atomic E-state index is 5.28. The maximum Gasteiger partial charge on any atom is 0.164 e. The first-order valence-corrected chi connectivity index (χ1v) is 6.12. The van der Waals surface area contributed by atoms with Gasteiger partial charge in [0, 0.05) is 10.7 Å². The van der Waals surface area contributed by atoms with Crippen molar-refractivity contribution >= 4 is 31.9 Å². The van der Waals surface area contributed by atoms with E-state index in [4.69, 9.17) is 4.74 Å². The van der Waals surface area contributed by atoms with Crippen LogP contribution in [0.15, 0.2) is 39.5 Å². The quantitative estimate of drug-likeness (QED) is 0.780. The lowest BCUT2D eigenvalue weighted by molar-refractivity contribution is 0.416. The first kappa shape index (κ1) is 11.5. The molecule has 0 spiro atoms. The van der Waals surface area contributed by atoms with Crippen LogP contribution in [0.3, 0.4) is 0 Å². The van der Waals surface area contributed by atoms with Crippen molar-refractivity contribution in [1.29, 1.82) is 0 Å². The first-order valence-electron chi connectivity index (χ1n) is 4.53. The van der Waals surface area contributed by atoms with E-state index in [0.29, 0.717) is 5.82 Å². The second-order valence-corrected chi connectivity index (χ2v) is 4.78. The lowest BCUT2D eigenvalue weighted by Gasteiger charge is -2.07. The molecule has 82 valence electrons. The van der Waals surface area contributed by atoms with Crippen LogP contribution in [0.5, 0.6) is 5.75 Å². The van der Waals surface area contributed by atoms with E-state index in [1.165, 1.54) is 0 Å². The summed E-state index contributed by atoms with van der Waals surface area (Å²) in [6.45, 7) is 0. The van der Waals surface area contributed by atoms with Gasteiger partial charge in [-0.25, -0.2) is 9.97 Å². The third-order valence-corrected chi connectivity index (χ3v) is 2.96. The highest BCUT2D eigenvalue weighted by Crippen LogP contribution is 2.30. The Morgan fingerprint density at radius 2 is 2.00 bits per heavy atom. The molecule has 0 radical (unpaired) electrons. The maximum absolute atomic E-state index is 5.28. The predicted octanol–water partition coefficient (Wildman–Crippen LogP) is 3.68. The zero-order valence-corrected chi connectivity index (χ0v) is 11.6. The average Bonchev–Trinajstić information content (AvgIpc) is 2.29. The number of hydrogen-bond acceptors (Lipinski definition) is 3. The van der Waals surface area contributed by atoms with E-state index in [0.717, 1.165) is 20.4 Å². The van der Waals surface area contributed by atoms with Gasteiger partial charge in [-0.05, 0) is 40.2 Å². The molecule has 0 unspecified atom stereocenters. The molecule has 0 aliphatic heterocycles. The van der Waals surface area contributed by atoms with E-state index in [9.17, 15) is 0 Å². The molecule has 0 bridgehead atoms. The van der Waals surface area contributed by atoms with Crippen LogP contribution >= 0.6 is 31.9 Å². The van der Waals surface area contributed by atoms with E-state index >= 15 is 0 Å². The number of aromatic nitrogens is 2. The summed E-state index contributed by atoms with van der Waals surface area (Å²) in [7, 11) is 1.63. The molecule has 0 aliphatic rings. The van der Waals surface area contributed by atoms with Crippen molar-refractivity contribution in [2.45, 2.75) is 0 Å². The van der Waals surface area contributed by atoms with E-state index in [1.807, 2.05) is 18.2 Å². The van der Waals surface area contributed by atoms with Gasteiger partial charge in [0.15, 0.2) is 5.82 Å². The Morgan fingerprint density at radius 3 is 2.69 bits per heavy atom. The summed E-state index contributed by atoms with van der Waals surface area (Å²) in [5, 5.41) is 0. The standard InChI is InChI=1S/C11H8Br2N2O/c1-16-9-3-2-7(12)6-8(9)11-14-5-4-10(13)15-11/h2-6H,1H3. The molecular formula is C11H8Br2N2O. The Morgan fingerprint density at radius 1 is 1.19 bits per heavy atom. The van der Waals surface area contributed by atoms with Crippen molar-refractivity contribution in [3.05, 3.63) is 39.5 Å². The molecule has 1 heterocycles. The minimum atomic E-state index is 0.632. The molecule has 2 rings (SSSR count). The highest BCUT2D eigenvalue weighted by Gasteiger charge is 2.09. The van der Waals surface area contributed by atoms with Gasteiger partial charge in [0.25, 0.3) is 0 Å². The number of methoxy groups -OCH3 is 1. The van der Waals surface area contributed by atoms with Crippen molar-refractivity contribution in [1.82, 2.24) is 9.97 Å². The molecule has 2 aromatic rings. The van der Waals surface area contributed by atoms with Crippen LogP contribution in [0.25, 0.3) is 11.4 Å². The summed E-state index contributed by atoms with van der Waals surface area (Å²) < 4.78 is 6.99. The molecule has 0 saturated heterocycles. The second kappa shape index (κ2) is 4.93. The summed E-state index contributed by atoms with van der Waals surface area (Å²) in [4.78, 5) is 8.52. The Hall–Kier alpha value is -0.940. The molecular weight excluding hydrogens is 336 g/mol. The van der Waals surface area contributed by atoms with Crippen LogP contribution in [0, 0.1) is 0 Å². The van der Waals surface area contributed by atoms with Gasteiger partial charge in [-0.2, -0.15) is 0 Å². The topological polar surface area (TPSA) is 35.0 Å². The lowest BCUT2D eigenvalue weighted by Crippen LogP contribution is -1.93. The molecule has 0 saturated carbocycles. The normalized spacial score (nSPS) is 10.2. The molecule has 16 heavy (non-hydrogen) atoms. The minimum Gasteiger partial charge on any atom is -0.496 e. The summed E-state index contributed by atoms with van der Waals surface area (Å²) in [6.07, 6.45) is 1.70. The zero-order valence-electron chi connectivity index (χ0n) is 8.45. The Kier molecular flexibility index (Phi) is 3.56. The average molecular weight is 344 g/mol. The van der Waals surface area contributed by atoms with Crippen molar-refractivity contribution in [2.75, 3.05) is 7.11 Å². The van der Waals surface area contributed by atoms with E-state index in [2.05, 4.69) is 41.8 Å². The number of rotatable bonds is 2. The Bertz CT molecular complexity index is 517. The fraction of sp³-hybridized carbons (Fsp3) is 0.0909. The van der Waals surface area contributed by atoms with Crippen LogP contribution in [0.4, 0.5) is 0 Å². The van der Waals surface area contributed by atoms with Crippen LogP contribution < -0.4 is 4.74 Å². The van der Waals surface area contributed by atoms with Gasteiger partial charge in [0.2, 0.25) is 0 Å². The molecule has 5 heteroatoms. The molecule has 1 aromatic heterocycles. The Labute approximate surface area is 110 Å². The van der Waals surface area contributed by atoms with Crippen LogP contribution in [-0.2, 0) is 0 Å². The summed E-state index contributed by atoms with van der Waals surface area (Å²) >= 11 is 6.74. The lowest BCUT2D eigenvalue weighted by atomic mass is 10.2. The monoisotopic (exact) mass is 342 g/mol. The van der Waals surface area contributed by atoms with Gasteiger partial charge < -0.3 is 4.74 Å². The number of benzene rings is 1. The second-order valence-electron chi connectivity index (χ2n) is 3.05. The molecule has 0 aliphatic carbocycles. The van der Waals surface area contributed by atoms with Gasteiger partial charge >= 0.3 is 0 Å². The summed E-state index contributed by atoms with van der Waals surface area (Å²) in [5.41, 5.74) is 0.859. The number of halogens is 2. The largest absolute Gasteiger partial charge is 0.496 e.